The van der Waals surface area contributed by atoms with Crippen molar-refractivity contribution in [3.8, 4) is 0 Å². The van der Waals surface area contributed by atoms with Gasteiger partial charge in [-0.15, -0.1) is 0 Å². The van der Waals surface area contributed by atoms with Gasteiger partial charge in [-0.05, 0) is 26.8 Å². The molecule has 1 aliphatic rings. The molecule has 1 aromatic heterocycles. The van der Waals surface area contributed by atoms with Crippen molar-refractivity contribution < 1.29 is 4.74 Å². The molecule has 1 saturated heterocycles. The second kappa shape index (κ2) is 7.38. The van der Waals surface area contributed by atoms with Gasteiger partial charge in [-0.25, -0.2) is 0 Å². The molecule has 1 N–H and O–H groups in total. The molecule has 0 radical (unpaired) electrons. The average Bonchev–Trinajstić information content (AvgIpc) is 3.01. The summed E-state index contributed by atoms with van der Waals surface area (Å²) in [5.41, 5.74) is 1.37. The highest BCUT2D eigenvalue weighted by Crippen LogP contribution is 2.34. The Morgan fingerprint density at radius 3 is 2.57 bits per heavy atom. The minimum atomic E-state index is 0.0847. The highest BCUT2D eigenvalue weighted by Gasteiger charge is 2.39. The number of ether oxygens (including phenoxy) is 1. The lowest BCUT2D eigenvalue weighted by atomic mass is 9.83. The van der Waals surface area contributed by atoms with E-state index in [-0.39, 0.29) is 5.54 Å². The number of hydrogen-bond acceptors (Lipinski definition) is 4. The normalized spacial score (nSPS) is 21.1. The fourth-order valence-corrected chi connectivity index (χ4v) is 3.29. The molecule has 0 spiro atoms. The van der Waals surface area contributed by atoms with Crippen LogP contribution in [0.4, 0.5) is 0 Å². The van der Waals surface area contributed by atoms with Gasteiger partial charge in [-0.1, -0.05) is 13.8 Å². The van der Waals surface area contributed by atoms with Crippen molar-refractivity contribution in [2.75, 3.05) is 32.8 Å². The lowest BCUT2D eigenvalue weighted by Gasteiger charge is -2.47. The maximum absolute atomic E-state index is 5.53. The molecule has 1 fully saturated rings. The molecule has 5 heteroatoms. The highest BCUT2D eigenvalue weighted by atomic mass is 16.5. The molecule has 2 heterocycles. The Labute approximate surface area is 128 Å². The van der Waals surface area contributed by atoms with E-state index in [0.29, 0.717) is 6.04 Å². The van der Waals surface area contributed by atoms with E-state index < -0.39 is 0 Å². The fraction of sp³-hybridized carbons (Fsp3) is 0.812. The van der Waals surface area contributed by atoms with Crippen LogP contribution in [0, 0.1) is 0 Å². The molecule has 0 amide bonds. The molecule has 0 bridgehead atoms. The van der Waals surface area contributed by atoms with Gasteiger partial charge in [0.05, 0.1) is 25.5 Å². The van der Waals surface area contributed by atoms with Gasteiger partial charge in [-0.3, -0.25) is 9.58 Å². The Kier molecular flexibility index (Phi) is 5.79. The lowest BCUT2D eigenvalue weighted by Crippen LogP contribution is -2.57. The number of aryl methyl sites for hydroxylation is 1. The number of morpholine rings is 1. The molecular formula is C16H30N4O. The first-order chi connectivity index (χ1) is 10.2. The first-order valence-corrected chi connectivity index (χ1v) is 8.24. The number of hydrogen-bond donors (Lipinski definition) is 1. The van der Waals surface area contributed by atoms with Gasteiger partial charge in [0.15, 0.2) is 0 Å². The fourth-order valence-electron chi connectivity index (χ4n) is 3.29. The van der Waals surface area contributed by atoms with Crippen molar-refractivity contribution in [1.82, 2.24) is 20.0 Å². The topological polar surface area (TPSA) is 42.3 Å². The summed E-state index contributed by atoms with van der Waals surface area (Å²) in [5.74, 6) is 0. The molecule has 1 aromatic rings. The molecule has 0 aromatic carbocycles. The van der Waals surface area contributed by atoms with Crippen molar-refractivity contribution >= 4 is 0 Å². The van der Waals surface area contributed by atoms with E-state index in [1.54, 1.807) is 0 Å². The zero-order valence-corrected chi connectivity index (χ0v) is 13.9. The molecule has 120 valence electrons. The zero-order valence-electron chi connectivity index (χ0n) is 13.9. The Bertz CT molecular complexity index is 428. The highest BCUT2D eigenvalue weighted by molar-refractivity contribution is 5.17. The molecule has 2 atom stereocenters. The molecular weight excluding hydrogens is 264 g/mol. The van der Waals surface area contributed by atoms with Crippen molar-refractivity contribution in [2.45, 2.75) is 52.2 Å². The van der Waals surface area contributed by atoms with Gasteiger partial charge in [0.25, 0.3) is 0 Å². The van der Waals surface area contributed by atoms with Crippen LogP contribution in [0.25, 0.3) is 0 Å². The number of likely N-dealkylation sites (N-methyl/N-ethyl adjacent to an activating group) is 1. The van der Waals surface area contributed by atoms with Gasteiger partial charge < -0.3 is 10.1 Å². The number of nitrogens with one attached hydrogen (secondary N) is 1. The van der Waals surface area contributed by atoms with Gasteiger partial charge in [0, 0.05) is 36.9 Å². The molecule has 2 unspecified atom stereocenters. The number of rotatable bonds is 7. The summed E-state index contributed by atoms with van der Waals surface area (Å²) in [6.45, 7) is 14.5. The maximum Gasteiger partial charge on any atom is 0.0594 e. The van der Waals surface area contributed by atoms with Crippen LogP contribution in [-0.2, 0) is 11.3 Å². The Balaban J connectivity index is 2.27. The van der Waals surface area contributed by atoms with E-state index in [4.69, 9.17) is 4.74 Å². The summed E-state index contributed by atoms with van der Waals surface area (Å²) in [7, 11) is 0. The first kappa shape index (κ1) is 16.5. The Hall–Kier alpha value is -0.910. The van der Waals surface area contributed by atoms with Crippen LogP contribution >= 0.6 is 0 Å². The van der Waals surface area contributed by atoms with Crippen LogP contribution < -0.4 is 5.32 Å². The van der Waals surface area contributed by atoms with Gasteiger partial charge in [0.2, 0.25) is 0 Å². The second-order valence-corrected chi connectivity index (χ2v) is 5.93. The lowest BCUT2D eigenvalue weighted by molar-refractivity contribution is -0.0327. The summed E-state index contributed by atoms with van der Waals surface area (Å²) in [4.78, 5) is 2.58. The van der Waals surface area contributed by atoms with Crippen LogP contribution in [0.2, 0.25) is 0 Å². The summed E-state index contributed by atoms with van der Waals surface area (Å²) in [6.07, 6.45) is 5.30. The SMILES string of the molecule is CCNC(c1cnn(CC)c1)C(C)(CC)N1CCOCC1. The molecule has 0 saturated carbocycles. The average molecular weight is 294 g/mol. The van der Waals surface area contributed by atoms with Crippen LogP contribution in [0.3, 0.4) is 0 Å². The summed E-state index contributed by atoms with van der Waals surface area (Å²) < 4.78 is 7.54. The van der Waals surface area contributed by atoms with E-state index in [9.17, 15) is 0 Å². The summed E-state index contributed by atoms with van der Waals surface area (Å²) >= 11 is 0. The van der Waals surface area contributed by atoms with E-state index in [2.05, 4.69) is 49.2 Å². The van der Waals surface area contributed by atoms with Crippen molar-refractivity contribution in [1.29, 1.82) is 0 Å². The van der Waals surface area contributed by atoms with E-state index >= 15 is 0 Å². The predicted molar refractivity (Wildman–Crippen MR) is 85.4 cm³/mol. The third kappa shape index (κ3) is 3.47. The van der Waals surface area contributed by atoms with Gasteiger partial charge in [-0.2, -0.15) is 5.10 Å². The van der Waals surface area contributed by atoms with Crippen LogP contribution in [0.5, 0.6) is 0 Å². The molecule has 0 aliphatic carbocycles. The largest absolute Gasteiger partial charge is 0.379 e. The van der Waals surface area contributed by atoms with E-state index in [1.165, 1.54) is 5.56 Å². The van der Waals surface area contributed by atoms with Crippen LogP contribution in [0.1, 0.15) is 45.7 Å². The van der Waals surface area contributed by atoms with Crippen molar-refractivity contribution in [2.24, 2.45) is 0 Å². The van der Waals surface area contributed by atoms with Crippen LogP contribution in [0.15, 0.2) is 12.4 Å². The van der Waals surface area contributed by atoms with Gasteiger partial charge in [0.1, 0.15) is 0 Å². The van der Waals surface area contributed by atoms with Crippen LogP contribution in [-0.4, -0.2) is 53.1 Å². The molecule has 1 aliphatic heterocycles. The zero-order chi connectivity index (χ0) is 15.3. The van der Waals surface area contributed by atoms with Crippen molar-refractivity contribution in [3.63, 3.8) is 0 Å². The Morgan fingerprint density at radius 2 is 2.05 bits per heavy atom. The van der Waals surface area contributed by atoms with Gasteiger partial charge >= 0.3 is 0 Å². The second-order valence-electron chi connectivity index (χ2n) is 5.93. The van der Waals surface area contributed by atoms with E-state index in [0.717, 1.165) is 45.8 Å². The summed E-state index contributed by atoms with van der Waals surface area (Å²) in [5, 5.41) is 8.15. The molecule has 21 heavy (non-hydrogen) atoms. The van der Waals surface area contributed by atoms with Crippen molar-refractivity contribution in [3.05, 3.63) is 18.0 Å². The third-order valence-electron chi connectivity index (χ3n) is 4.79. The number of aromatic nitrogens is 2. The predicted octanol–water partition coefficient (Wildman–Crippen LogP) is 2.05. The standard InChI is InChI=1S/C16H30N4O/c1-5-16(4,19-8-10-21-11-9-19)15(17-6-2)14-12-18-20(7-3)13-14/h12-13,15,17H,5-11H2,1-4H3. The summed E-state index contributed by atoms with van der Waals surface area (Å²) in [6, 6.07) is 0.297. The number of nitrogens with zero attached hydrogens (tertiary/aromatic N) is 3. The maximum atomic E-state index is 5.53. The minimum Gasteiger partial charge on any atom is -0.379 e. The third-order valence-corrected chi connectivity index (χ3v) is 4.79. The quantitative estimate of drug-likeness (QED) is 0.836. The molecule has 5 nitrogen and oxygen atoms in total. The minimum absolute atomic E-state index is 0.0847. The molecule has 2 rings (SSSR count). The first-order valence-electron chi connectivity index (χ1n) is 8.24. The van der Waals surface area contributed by atoms with E-state index in [1.807, 2.05) is 10.9 Å². The Morgan fingerprint density at radius 1 is 1.33 bits per heavy atom. The smallest absolute Gasteiger partial charge is 0.0594 e. The monoisotopic (exact) mass is 294 g/mol.